The highest BCUT2D eigenvalue weighted by atomic mass is 28.4. The van der Waals surface area contributed by atoms with Gasteiger partial charge in [-0.15, -0.1) is 0 Å². The highest BCUT2D eigenvalue weighted by molar-refractivity contribution is 6.79. The highest BCUT2D eigenvalue weighted by Gasteiger charge is 2.30. The van der Waals surface area contributed by atoms with Crippen LogP contribution < -0.4 is 0 Å². The third kappa shape index (κ3) is 2.58. The maximum absolute atomic E-state index is 5.92. The van der Waals surface area contributed by atoms with E-state index in [4.69, 9.17) is 4.43 Å². The van der Waals surface area contributed by atoms with E-state index < -0.39 is 8.32 Å². The largest absolute Gasteiger partial charge is 0.413 e. The van der Waals surface area contributed by atoms with Crippen LogP contribution in [-0.2, 0) is 4.43 Å². The van der Waals surface area contributed by atoms with Crippen molar-refractivity contribution in [2.75, 3.05) is 6.61 Å². The molecule has 2 heteroatoms. The summed E-state index contributed by atoms with van der Waals surface area (Å²) in [6.45, 7) is 9.78. The molecule has 1 aliphatic rings. The summed E-state index contributed by atoms with van der Waals surface area (Å²) in [4.78, 5) is 0. The minimum absolute atomic E-state index is 0.843. The second kappa shape index (κ2) is 4.94. The van der Waals surface area contributed by atoms with Crippen molar-refractivity contribution in [2.24, 2.45) is 0 Å². The Morgan fingerprint density at radius 2 is 2.00 bits per heavy atom. The molecule has 0 aliphatic heterocycles. The van der Waals surface area contributed by atoms with Crippen molar-refractivity contribution in [3.05, 3.63) is 22.9 Å². The zero-order valence-corrected chi connectivity index (χ0v) is 10.9. The van der Waals surface area contributed by atoms with E-state index in [1.165, 1.54) is 12.8 Å². The normalized spacial score (nSPS) is 16.9. The zero-order valence-electron chi connectivity index (χ0n) is 9.89. The molecule has 1 rings (SSSR count). The van der Waals surface area contributed by atoms with E-state index in [1.54, 1.807) is 10.8 Å². The summed E-state index contributed by atoms with van der Waals surface area (Å²) in [5, 5.41) is 1.54. The minimum atomic E-state index is -1.58. The second-order valence-electron chi connectivity index (χ2n) is 4.28. The lowest BCUT2D eigenvalue weighted by molar-refractivity contribution is 0.336. The van der Waals surface area contributed by atoms with Gasteiger partial charge in [0.25, 0.3) is 0 Å². The fourth-order valence-electron chi connectivity index (χ4n) is 2.14. The SMILES string of the molecule is CCCC1=CCC=C1[Si](C)(C)OCC. The first-order valence-electron chi connectivity index (χ1n) is 5.65. The topological polar surface area (TPSA) is 9.23 Å². The molecule has 0 aromatic carbocycles. The van der Waals surface area contributed by atoms with Gasteiger partial charge in [0.05, 0.1) is 0 Å². The van der Waals surface area contributed by atoms with Gasteiger partial charge in [0.15, 0.2) is 0 Å². The maximum atomic E-state index is 5.92. The van der Waals surface area contributed by atoms with Crippen LogP contribution in [0, 0.1) is 0 Å². The lowest BCUT2D eigenvalue weighted by Crippen LogP contribution is -2.34. The number of rotatable bonds is 5. The van der Waals surface area contributed by atoms with Crippen LogP contribution in [-0.4, -0.2) is 14.9 Å². The van der Waals surface area contributed by atoms with Gasteiger partial charge in [-0.25, -0.2) is 0 Å². The van der Waals surface area contributed by atoms with Crippen molar-refractivity contribution in [3.8, 4) is 0 Å². The van der Waals surface area contributed by atoms with E-state index in [1.807, 2.05) is 0 Å². The second-order valence-corrected chi connectivity index (χ2v) is 8.12. The summed E-state index contributed by atoms with van der Waals surface area (Å²) in [6.07, 6.45) is 8.31. The van der Waals surface area contributed by atoms with E-state index in [0.717, 1.165) is 13.0 Å². The first-order valence-corrected chi connectivity index (χ1v) is 8.56. The van der Waals surface area contributed by atoms with Crippen molar-refractivity contribution in [1.29, 1.82) is 0 Å². The molecule has 0 N–H and O–H groups in total. The zero-order chi connectivity index (χ0) is 10.6. The molecule has 0 fully saturated rings. The summed E-state index contributed by atoms with van der Waals surface area (Å²) >= 11 is 0. The van der Waals surface area contributed by atoms with Gasteiger partial charge in [-0.1, -0.05) is 31.1 Å². The Morgan fingerprint density at radius 3 is 2.57 bits per heavy atom. The van der Waals surface area contributed by atoms with E-state index in [-0.39, 0.29) is 0 Å². The van der Waals surface area contributed by atoms with Gasteiger partial charge in [-0.3, -0.25) is 0 Å². The molecule has 0 atom stereocenters. The third-order valence-electron chi connectivity index (χ3n) is 2.71. The number of hydrogen-bond acceptors (Lipinski definition) is 1. The lowest BCUT2D eigenvalue weighted by Gasteiger charge is -2.25. The fraction of sp³-hybridized carbons (Fsp3) is 0.667. The molecular weight excluding hydrogens is 188 g/mol. The molecule has 0 saturated carbocycles. The summed E-state index contributed by atoms with van der Waals surface area (Å²) in [5.74, 6) is 0. The highest BCUT2D eigenvalue weighted by Crippen LogP contribution is 2.31. The van der Waals surface area contributed by atoms with Crippen molar-refractivity contribution < 1.29 is 4.43 Å². The summed E-state index contributed by atoms with van der Waals surface area (Å²) in [5.41, 5.74) is 1.55. The Kier molecular flexibility index (Phi) is 4.14. The smallest absolute Gasteiger partial charge is 0.218 e. The molecule has 0 aromatic rings. The molecular formula is C12H22OSi. The van der Waals surface area contributed by atoms with Gasteiger partial charge in [0, 0.05) is 6.61 Å². The Morgan fingerprint density at radius 1 is 1.29 bits per heavy atom. The van der Waals surface area contributed by atoms with Crippen LogP contribution >= 0.6 is 0 Å². The Hall–Kier alpha value is -0.343. The Bertz CT molecular complexity index is 251. The molecule has 0 heterocycles. The molecule has 1 nitrogen and oxygen atoms in total. The van der Waals surface area contributed by atoms with Gasteiger partial charge >= 0.3 is 0 Å². The van der Waals surface area contributed by atoms with Crippen LogP contribution in [0.4, 0.5) is 0 Å². The quantitative estimate of drug-likeness (QED) is 0.627. The Labute approximate surface area is 89.0 Å². The van der Waals surface area contributed by atoms with Gasteiger partial charge < -0.3 is 4.43 Å². The van der Waals surface area contributed by atoms with E-state index in [0.29, 0.717) is 0 Å². The van der Waals surface area contributed by atoms with Crippen LogP contribution in [0.2, 0.25) is 13.1 Å². The molecule has 0 saturated heterocycles. The number of hydrogen-bond donors (Lipinski definition) is 0. The van der Waals surface area contributed by atoms with Gasteiger partial charge in [-0.2, -0.15) is 0 Å². The van der Waals surface area contributed by atoms with Crippen LogP contribution in [0.3, 0.4) is 0 Å². The molecule has 1 aliphatic carbocycles. The van der Waals surface area contributed by atoms with Crippen molar-refractivity contribution in [3.63, 3.8) is 0 Å². The first-order chi connectivity index (χ1) is 6.61. The molecule has 80 valence electrons. The predicted octanol–water partition coefficient (Wildman–Crippen LogP) is 3.82. The molecule has 14 heavy (non-hydrogen) atoms. The molecule has 0 aromatic heterocycles. The average molecular weight is 210 g/mol. The van der Waals surface area contributed by atoms with Gasteiger partial charge in [0.2, 0.25) is 8.32 Å². The van der Waals surface area contributed by atoms with Gasteiger partial charge in [0.1, 0.15) is 0 Å². The molecule has 0 amide bonds. The fourth-order valence-corrected chi connectivity index (χ4v) is 4.62. The summed E-state index contributed by atoms with van der Waals surface area (Å²) in [6, 6.07) is 0. The third-order valence-corrected chi connectivity index (χ3v) is 5.54. The average Bonchev–Trinajstić information content (AvgIpc) is 2.53. The predicted molar refractivity (Wildman–Crippen MR) is 64.8 cm³/mol. The van der Waals surface area contributed by atoms with Crippen molar-refractivity contribution >= 4 is 8.32 Å². The maximum Gasteiger partial charge on any atom is 0.218 e. The number of allylic oxidation sites excluding steroid dienone is 4. The van der Waals surface area contributed by atoms with Crippen LogP contribution in [0.25, 0.3) is 0 Å². The van der Waals surface area contributed by atoms with Gasteiger partial charge in [-0.05, 0) is 38.1 Å². The molecule has 0 unspecified atom stereocenters. The first kappa shape index (κ1) is 11.7. The van der Waals surface area contributed by atoms with Crippen LogP contribution in [0.5, 0.6) is 0 Å². The summed E-state index contributed by atoms with van der Waals surface area (Å²) < 4.78 is 5.92. The summed E-state index contributed by atoms with van der Waals surface area (Å²) in [7, 11) is -1.58. The van der Waals surface area contributed by atoms with E-state index in [2.05, 4.69) is 39.1 Å². The monoisotopic (exact) mass is 210 g/mol. The van der Waals surface area contributed by atoms with Crippen LogP contribution in [0.15, 0.2) is 22.9 Å². The van der Waals surface area contributed by atoms with Crippen molar-refractivity contribution in [2.45, 2.75) is 46.2 Å². The van der Waals surface area contributed by atoms with Crippen LogP contribution in [0.1, 0.15) is 33.1 Å². The minimum Gasteiger partial charge on any atom is -0.413 e. The van der Waals surface area contributed by atoms with E-state index in [9.17, 15) is 0 Å². The molecule has 0 spiro atoms. The van der Waals surface area contributed by atoms with E-state index >= 15 is 0 Å². The Balaban J connectivity index is 2.73. The lowest BCUT2D eigenvalue weighted by atomic mass is 10.2. The van der Waals surface area contributed by atoms with Crippen molar-refractivity contribution in [1.82, 2.24) is 0 Å². The standard InChI is InChI=1S/C12H22OSi/c1-5-8-11-9-7-10-12(11)14(3,4)13-6-2/h9-10H,5-8H2,1-4H3. The molecule has 0 radical (unpaired) electrons. The molecule has 0 bridgehead atoms.